The molecule has 2 rings (SSSR count). The van der Waals surface area contributed by atoms with Gasteiger partial charge in [0.25, 0.3) is 0 Å². The van der Waals surface area contributed by atoms with Gasteiger partial charge in [-0.25, -0.2) is 0 Å². The molecule has 2 aromatic heterocycles. The second-order valence-electron chi connectivity index (χ2n) is 4.39. The van der Waals surface area contributed by atoms with Crippen LogP contribution in [0.4, 0.5) is 0 Å². The Bertz CT molecular complexity index is 495. The Hall–Kier alpha value is -0.910. The summed E-state index contributed by atoms with van der Waals surface area (Å²) >= 11 is 7.97. The third-order valence-corrected chi connectivity index (χ3v) is 4.01. The second-order valence-corrected chi connectivity index (χ2v) is 5.72. The van der Waals surface area contributed by atoms with Crippen LogP contribution in [0.2, 0.25) is 5.02 Å². The number of nitrogens with zero attached hydrogens (tertiary/aromatic N) is 3. The molecule has 0 saturated carbocycles. The van der Waals surface area contributed by atoms with Gasteiger partial charge in [0.2, 0.25) is 0 Å². The quantitative estimate of drug-likeness (QED) is 0.851. The van der Waals surface area contributed by atoms with Crippen LogP contribution in [0.15, 0.2) is 17.9 Å². The summed E-state index contributed by atoms with van der Waals surface area (Å²) in [6.45, 7) is 6.11. The largest absolute Gasteiger partial charge is 0.304 e. The van der Waals surface area contributed by atoms with E-state index in [2.05, 4.69) is 29.2 Å². The van der Waals surface area contributed by atoms with E-state index in [9.17, 15) is 0 Å². The Morgan fingerprint density at radius 3 is 2.84 bits per heavy atom. The van der Waals surface area contributed by atoms with Gasteiger partial charge in [-0.15, -0.1) is 11.3 Å². The van der Waals surface area contributed by atoms with Gasteiger partial charge in [0.05, 0.1) is 28.5 Å². The Balaban J connectivity index is 2.34. The Kier molecular flexibility index (Phi) is 5.36. The molecule has 2 aromatic rings. The number of nitrogens with one attached hydrogen (secondary N) is 1. The first kappa shape index (κ1) is 14.5. The molecule has 0 aliphatic rings. The molecule has 0 aliphatic carbocycles. The summed E-state index contributed by atoms with van der Waals surface area (Å²) in [6, 6.07) is 0.0778. The van der Waals surface area contributed by atoms with Gasteiger partial charge in [0, 0.05) is 17.6 Å². The van der Waals surface area contributed by atoms with Gasteiger partial charge < -0.3 is 5.32 Å². The average molecular weight is 299 g/mol. The van der Waals surface area contributed by atoms with Gasteiger partial charge in [-0.1, -0.05) is 25.4 Å². The normalized spacial score (nSPS) is 12.8. The predicted octanol–water partition coefficient (Wildman–Crippen LogP) is 3.49. The summed E-state index contributed by atoms with van der Waals surface area (Å²) in [5, 5.41) is 8.63. The topological polar surface area (TPSA) is 42.7 Å². The van der Waals surface area contributed by atoms with E-state index in [0.717, 1.165) is 36.6 Å². The van der Waals surface area contributed by atoms with Crippen LogP contribution < -0.4 is 5.32 Å². The zero-order valence-corrected chi connectivity index (χ0v) is 12.8. The van der Waals surface area contributed by atoms with Crippen molar-refractivity contribution in [3.63, 3.8) is 0 Å². The minimum absolute atomic E-state index is 0.0778. The molecule has 0 aliphatic heterocycles. The molecule has 0 fully saturated rings. The SMILES string of the molecule is CCCNC(c1cncs1)c1c(Cl)cnn1CCC. The molecule has 104 valence electrons. The minimum Gasteiger partial charge on any atom is -0.304 e. The molecule has 19 heavy (non-hydrogen) atoms. The van der Waals surface area contributed by atoms with Gasteiger partial charge in [-0.2, -0.15) is 5.10 Å². The summed E-state index contributed by atoms with van der Waals surface area (Å²) in [4.78, 5) is 5.35. The van der Waals surface area contributed by atoms with E-state index in [1.807, 2.05) is 16.4 Å². The summed E-state index contributed by atoms with van der Waals surface area (Å²) < 4.78 is 2.00. The van der Waals surface area contributed by atoms with Crippen molar-refractivity contribution in [2.75, 3.05) is 6.54 Å². The zero-order chi connectivity index (χ0) is 13.7. The van der Waals surface area contributed by atoms with Crippen LogP contribution in [0.1, 0.15) is 43.3 Å². The maximum Gasteiger partial charge on any atom is 0.0873 e. The lowest BCUT2D eigenvalue weighted by Gasteiger charge is -2.19. The highest BCUT2D eigenvalue weighted by atomic mass is 35.5. The molecule has 0 aromatic carbocycles. The Labute approximate surface area is 122 Å². The van der Waals surface area contributed by atoms with Gasteiger partial charge in [-0.05, 0) is 19.4 Å². The molecule has 0 amide bonds. The number of thiazole rings is 1. The molecule has 4 nitrogen and oxygen atoms in total. The van der Waals surface area contributed by atoms with E-state index in [4.69, 9.17) is 11.6 Å². The van der Waals surface area contributed by atoms with Gasteiger partial charge >= 0.3 is 0 Å². The van der Waals surface area contributed by atoms with Crippen LogP contribution in [-0.2, 0) is 6.54 Å². The molecule has 2 heterocycles. The average Bonchev–Trinajstić information content (AvgIpc) is 3.03. The first-order chi connectivity index (χ1) is 9.27. The maximum atomic E-state index is 6.33. The molecule has 1 N–H and O–H groups in total. The van der Waals surface area contributed by atoms with Crippen LogP contribution in [0, 0.1) is 0 Å². The highest BCUT2D eigenvalue weighted by Crippen LogP contribution is 2.30. The van der Waals surface area contributed by atoms with E-state index < -0.39 is 0 Å². The summed E-state index contributed by atoms with van der Waals surface area (Å²) in [5.74, 6) is 0. The third-order valence-electron chi connectivity index (χ3n) is 2.88. The van der Waals surface area contributed by atoms with Crippen LogP contribution in [0.5, 0.6) is 0 Å². The standard InChI is InChI=1S/C13H19ClN4S/c1-3-5-16-12(11-8-15-9-19-11)13-10(14)7-17-18(13)6-4-2/h7-9,12,16H,3-6H2,1-2H3. The number of hydrogen-bond donors (Lipinski definition) is 1. The second kappa shape index (κ2) is 7.03. The lowest BCUT2D eigenvalue weighted by atomic mass is 10.1. The van der Waals surface area contributed by atoms with E-state index >= 15 is 0 Å². The molecule has 0 radical (unpaired) electrons. The number of aromatic nitrogens is 3. The first-order valence-electron chi connectivity index (χ1n) is 6.60. The fourth-order valence-corrected chi connectivity index (χ4v) is 2.98. The fraction of sp³-hybridized carbons (Fsp3) is 0.538. The monoisotopic (exact) mass is 298 g/mol. The van der Waals surface area contributed by atoms with Gasteiger partial charge in [0.1, 0.15) is 0 Å². The van der Waals surface area contributed by atoms with Crippen molar-refractivity contribution in [1.82, 2.24) is 20.1 Å². The van der Waals surface area contributed by atoms with Crippen molar-refractivity contribution in [2.45, 2.75) is 39.3 Å². The fourth-order valence-electron chi connectivity index (χ4n) is 2.04. The highest BCUT2D eigenvalue weighted by Gasteiger charge is 2.22. The molecular formula is C13H19ClN4S. The highest BCUT2D eigenvalue weighted by molar-refractivity contribution is 7.09. The number of aryl methyl sites for hydroxylation is 1. The maximum absolute atomic E-state index is 6.33. The molecule has 0 bridgehead atoms. The summed E-state index contributed by atoms with van der Waals surface area (Å²) in [5.41, 5.74) is 2.89. The smallest absolute Gasteiger partial charge is 0.0873 e. The lowest BCUT2D eigenvalue weighted by molar-refractivity contribution is 0.515. The number of halogens is 1. The molecule has 1 unspecified atom stereocenters. The molecule has 0 saturated heterocycles. The minimum atomic E-state index is 0.0778. The first-order valence-corrected chi connectivity index (χ1v) is 7.86. The van der Waals surface area contributed by atoms with Crippen LogP contribution in [0.25, 0.3) is 0 Å². The van der Waals surface area contributed by atoms with E-state index in [1.54, 1.807) is 17.5 Å². The molecule has 1 atom stereocenters. The Morgan fingerprint density at radius 2 is 2.21 bits per heavy atom. The molecular weight excluding hydrogens is 280 g/mol. The van der Waals surface area contributed by atoms with Gasteiger partial charge in [-0.3, -0.25) is 9.67 Å². The summed E-state index contributed by atoms with van der Waals surface area (Å²) in [6.07, 6.45) is 5.74. The lowest BCUT2D eigenvalue weighted by Crippen LogP contribution is -2.25. The third kappa shape index (κ3) is 3.35. The van der Waals surface area contributed by atoms with Crippen LogP contribution in [-0.4, -0.2) is 21.3 Å². The molecule has 6 heteroatoms. The van der Waals surface area contributed by atoms with E-state index in [-0.39, 0.29) is 6.04 Å². The zero-order valence-electron chi connectivity index (χ0n) is 11.3. The molecule has 0 spiro atoms. The Morgan fingerprint density at radius 1 is 1.37 bits per heavy atom. The van der Waals surface area contributed by atoms with E-state index in [1.165, 1.54) is 4.88 Å². The van der Waals surface area contributed by atoms with Crippen molar-refractivity contribution in [3.8, 4) is 0 Å². The predicted molar refractivity (Wildman–Crippen MR) is 79.8 cm³/mol. The van der Waals surface area contributed by atoms with Crippen molar-refractivity contribution < 1.29 is 0 Å². The number of rotatable bonds is 7. The number of hydrogen-bond acceptors (Lipinski definition) is 4. The van der Waals surface area contributed by atoms with Crippen molar-refractivity contribution >= 4 is 22.9 Å². The van der Waals surface area contributed by atoms with E-state index in [0.29, 0.717) is 0 Å². The van der Waals surface area contributed by atoms with Crippen LogP contribution >= 0.6 is 22.9 Å². The van der Waals surface area contributed by atoms with Crippen molar-refractivity contribution in [3.05, 3.63) is 33.5 Å². The van der Waals surface area contributed by atoms with Gasteiger partial charge in [0.15, 0.2) is 0 Å². The van der Waals surface area contributed by atoms with Crippen molar-refractivity contribution in [2.24, 2.45) is 0 Å². The van der Waals surface area contributed by atoms with Crippen LogP contribution in [0.3, 0.4) is 0 Å². The van der Waals surface area contributed by atoms with Crippen molar-refractivity contribution in [1.29, 1.82) is 0 Å². The summed E-state index contributed by atoms with van der Waals surface area (Å²) in [7, 11) is 0.